The monoisotopic (exact) mass is 816 g/mol. The summed E-state index contributed by atoms with van der Waals surface area (Å²) in [4.78, 5) is 69.1. The van der Waals surface area contributed by atoms with Crippen LogP contribution in [0.15, 0.2) is 55.1 Å². The van der Waals surface area contributed by atoms with Crippen LogP contribution in [0.25, 0.3) is 27.7 Å². The second-order valence-corrected chi connectivity index (χ2v) is 18.9. The highest BCUT2D eigenvalue weighted by atomic mass is 32.2. The van der Waals surface area contributed by atoms with Gasteiger partial charge in [0.1, 0.15) is 35.5 Å². The Morgan fingerprint density at radius 1 is 0.965 bits per heavy atom. The molecule has 5 aliphatic rings. The van der Waals surface area contributed by atoms with Crippen molar-refractivity contribution >= 4 is 62.3 Å². The number of amides is 4. The largest absolute Gasteiger partial charge is 0.471 e. The fourth-order valence-electron chi connectivity index (χ4n) is 8.16. The van der Waals surface area contributed by atoms with Crippen LogP contribution in [-0.4, -0.2) is 88.7 Å². The molecule has 2 aliphatic heterocycles. The fraction of sp³-hybridized carbons (Fsp3) is 0.512. The van der Waals surface area contributed by atoms with Gasteiger partial charge in [-0.1, -0.05) is 49.8 Å². The molecule has 4 amide bonds. The normalized spacial score (nSPS) is 27.6. The quantitative estimate of drug-likeness (QED) is 0.237. The molecule has 3 aromatic rings. The Balaban J connectivity index is 1.11. The molecule has 0 radical (unpaired) electrons. The Bertz CT molecular complexity index is 2200. The number of nitrogens with zero attached hydrogens (tertiary/aromatic N) is 3. The van der Waals surface area contributed by atoms with Crippen LogP contribution in [0.3, 0.4) is 0 Å². The van der Waals surface area contributed by atoms with Gasteiger partial charge >= 0.3 is 6.09 Å². The number of fused-ring (bicyclic) bond motifs is 3. The van der Waals surface area contributed by atoms with E-state index in [1.54, 1.807) is 6.08 Å². The number of nitrogens with one attached hydrogen (secondary N) is 3. The predicted molar refractivity (Wildman–Crippen MR) is 214 cm³/mol. The molecular weight excluding hydrogens is 769 g/mol. The van der Waals surface area contributed by atoms with E-state index in [2.05, 4.69) is 21.9 Å². The number of carbonyl (C=O) groups is 4. The smallest absolute Gasteiger partial charge is 0.408 e. The zero-order valence-electron chi connectivity index (χ0n) is 31.7. The van der Waals surface area contributed by atoms with Gasteiger partial charge in [0.25, 0.3) is 5.91 Å². The number of para-hydroxylation sites is 2. The molecule has 4 heterocycles. The van der Waals surface area contributed by atoms with Crippen molar-refractivity contribution in [2.75, 3.05) is 6.54 Å². The summed E-state index contributed by atoms with van der Waals surface area (Å²) in [6.07, 6.45) is 11.9. The molecule has 0 spiro atoms. The van der Waals surface area contributed by atoms with E-state index in [0.29, 0.717) is 48.8 Å². The molecule has 3 saturated carbocycles. The first kappa shape index (κ1) is 39.0. The van der Waals surface area contributed by atoms with Gasteiger partial charge in [0.15, 0.2) is 0 Å². The van der Waals surface area contributed by atoms with Gasteiger partial charge in [-0.2, -0.15) is 0 Å². The first-order valence-corrected chi connectivity index (χ1v) is 22.4. The molecule has 5 atom stereocenters. The first-order chi connectivity index (χ1) is 27.5. The third kappa shape index (κ3) is 8.57. The molecule has 8 rings (SSSR count). The van der Waals surface area contributed by atoms with E-state index in [-0.39, 0.29) is 31.4 Å². The van der Waals surface area contributed by atoms with Crippen molar-refractivity contribution in [1.82, 2.24) is 30.2 Å². The molecule has 0 unspecified atom stereocenters. The number of rotatable bonds is 9. The number of hydrogen-bond acceptors (Lipinski definition) is 11. The maximum atomic E-state index is 14.7. The zero-order chi connectivity index (χ0) is 39.7. The lowest BCUT2D eigenvalue weighted by atomic mass is 10.0. The van der Waals surface area contributed by atoms with E-state index in [4.69, 9.17) is 19.4 Å². The molecule has 3 aliphatic carbocycles. The van der Waals surface area contributed by atoms with E-state index in [1.165, 1.54) is 16.2 Å². The number of carbonyl (C=O) groups excluding carboxylic acids is 4. The van der Waals surface area contributed by atoms with Crippen molar-refractivity contribution in [3.63, 3.8) is 0 Å². The number of thiophene rings is 1. The SMILES string of the molecule is C=Cc1ccc(-c2nc3ccccc3nc2O[C@@H]2C[C@H]3C(=O)N[C@]4(C(=O)NS(=O)(=O)C5CC5)C[C@H]4/C=C\CCCCC[C@H](NC(=O)OC4CCCC4)C(=O)N3C2)s1. The lowest BCUT2D eigenvalue weighted by molar-refractivity contribution is -0.141. The van der Waals surface area contributed by atoms with Crippen LogP contribution in [0.2, 0.25) is 0 Å². The standard InChI is InChI=1S/C41H48N6O8S2/c1-2-28-18-21-34(56-28)35-37(43-31-16-11-10-15-30(31)42-35)54-27-22-33-36(48)45-41(39(50)46-57(52,53)29-19-20-29)23-25(41)12-6-4-3-5-7-17-32(38(49)47(33)24-27)44-40(51)55-26-13-8-9-14-26/h2,6,10-12,15-16,18,21,25-27,29,32-33H,1,3-5,7-9,13-14,17,19-20,22-24H2,(H,44,51)(H,45,48)(H,46,50)/b12-6-/t25-,27-,32+,33+,41-/m1/s1. The minimum atomic E-state index is -3.90. The average molecular weight is 817 g/mol. The molecular formula is C41H48N6O8S2. The van der Waals surface area contributed by atoms with E-state index >= 15 is 0 Å². The summed E-state index contributed by atoms with van der Waals surface area (Å²) in [6, 6.07) is 9.15. The molecule has 1 aromatic carbocycles. The third-order valence-corrected chi connectivity index (χ3v) is 14.5. The molecule has 57 heavy (non-hydrogen) atoms. The van der Waals surface area contributed by atoms with Gasteiger partial charge in [0, 0.05) is 17.2 Å². The summed E-state index contributed by atoms with van der Waals surface area (Å²) in [7, 11) is -3.90. The van der Waals surface area contributed by atoms with E-state index in [0.717, 1.165) is 48.3 Å². The Morgan fingerprint density at radius 3 is 2.46 bits per heavy atom. The van der Waals surface area contributed by atoms with Gasteiger partial charge in [-0.3, -0.25) is 19.1 Å². The van der Waals surface area contributed by atoms with Crippen molar-refractivity contribution < 1.29 is 37.1 Å². The highest BCUT2D eigenvalue weighted by molar-refractivity contribution is 7.91. The summed E-state index contributed by atoms with van der Waals surface area (Å²) in [5, 5.41) is 5.10. The summed E-state index contributed by atoms with van der Waals surface area (Å²) < 4.78 is 40.4. The second-order valence-electron chi connectivity index (χ2n) is 15.8. The highest BCUT2D eigenvalue weighted by Gasteiger charge is 2.62. The summed E-state index contributed by atoms with van der Waals surface area (Å²) >= 11 is 1.47. The summed E-state index contributed by atoms with van der Waals surface area (Å²) in [6.45, 7) is 3.85. The first-order valence-electron chi connectivity index (χ1n) is 20.0. The van der Waals surface area contributed by atoms with Crippen molar-refractivity contribution in [1.29, 1.82) is 0 Å². The van der Waals surface area contributed by atoms with E-state index in [9.17, 15) is 27.6 Å². The third-order valence-electron chi connectivity index (χ3n) is 11.6. The molecule has 16 heteroatoms. The lowest BCUT2D eigenvalue weighted by Crippen LogP contribution is -2.58. The fourth-order valence-corrected chi connectivity index (χ4v) is 10.4. The van der Waals surface area contributed by atoms with Gasteiger partial charge in [-0.05, 0) is 88.5 Å². The Hall–Kier alpha value is -4.83. The van der Waals surface area contributed by atoms with Crippen molar-refractivity contribution in [2.45, 2.75) is 119 Å². The summed E-state index contributed by atoms with van der Waals surface area (Å²) in [5.41, 5.74) is 0.262. The lowest BCUT2D eigenvalue weighted by Gasteiger charge is -2.30. The molecule has 2 aromatic heterocycles. The maximum absolute atomic E-state index is 14.7. The average Bonchev–Trinajstić information content (AvgIpc) is 3.96. The number of allylic oxidation sites excluding steroid dienone is 1. The highest BCUT2D eigenvalue weighted by Crippen LogP contribution is 2.46. The van der Waals surface area contributed by atoms with Crippen LogP contribution in [0.5, 0.6) is 5.88 Å². The van der Waals surface area contributed by atoms with Gasteiger partial charge in [0.05, 0.1) is 27.7 Å². The maximum Gasteiger partial charge on any atom is 0.408 e. The topological polar surface area (TPSA) is 186 Å². The van der Waals surface area contributed by atoms with Crippen LogP contribution in [0.1, 0.15) is 88.3 Å². The molecule has 4 fully saturated rings. The second kappa shape index (κ2) is 16.2. The van der Waals surface area contributed by atoms with E-state index in [1.807, 2.05) is 48.6 Å². The number of alkyl carbamates (subject to hydrolysis) is 1. The molecule has 1 saturated heterocycles. The van der Waals surface area contributed by atoms with Crippen molar-refractivity contribution in [3.05, 3.63) is 60.0 Å². The van der Waals surface area contributed by atoms with Gasteiger partial charge in [-0.25, -0.2) is 23.2 Å². The molecule has 302 valence electrons. The number of hydrogen-bond donors (Lipinski definition) is 3. The van der Waals surface area contributed by atoms with Crippen molar-refractivity contribution in [3.8, 4) is 16.5 Å². The zero-order valence-corrected chi connectivity index (χ0v) is 33.3. The Kier molecular flexibility index (Phi) is 11.1. The Labute approximate surface area is 335 Å². The van der Waals surface area contributed by atoms with Gasteiger partial charge in [-0.15, -0.1) is 11.3 Å². The van der Waals surface area contributed by atoms with E-state index < -0.39 is 68.7 Å². The summed E-state index contributed by atoms with van der Waals surface area (Å²) in [5.74, 6) is -2.08. The van der Waals surface area contributed by atoms with Crippen LogP contribution < -0.4 is 20.1 Å². The minimum Gasteiger partial charge on any atom is -0.471 e. The number of ether oxygens (including phenoxy) is 2. The molecule has 3 N–H and O–H groups in total. The number of sulfonamides is 1. The Morgan fingerprint density at radius 2 is 1.72 bits per heavy atom. The van der Waals surface area contributed by atoms with Gasteiger partial charge < -0.3 is 25.0 Å². The number of aromatic nitrogens is 2. The van der Waals surface area contributed by atoms with Crippen LogP contribution in [0, 0.1) is 5.92 Å². The predicted octanol–water partition coefficient (Wildman–Crippen LogP) is 5.39. The van der Waals surface area contributed by atoms with Gasteiger partial charge in [0.2, 0.25) is 27.7 Å². The van der Waals surface area contributed by atoms with Crippen molar-refractivity contribution in [2.24, 2.45) is 5.92 Å². The van der Waals surface area contributed by atoms with Crippen LogP contribution >= 0.6 is 11.3 Å². The minimum absolute atomic E-state index is 0.0261. The molecule has 0 bridgehead atoms. The van der Waals surface area contributed by atoms with Crippen LogP contribution in [-0.2, 0) is 29.1 Å². The van der Waals surface area contributed by atoms with Crippen LogP contribution in [0.4, 0.5) is 4.79 Å². The molecule has 14 nitrogen and oxygen atoms in total. The number of benzene rings is 1.